The molecular formula is C18H21ClN4O2. The molecule has 1 aromatic heterocycles. The van der Waals surface area contributed by atoms with E-state index in [2.05, 4.69) is 20.2 Å². The van der Waals surface area contributed by atoms with Gasteiger partial charge in [0.25, 0.3) is 5.91 Å². The summed E-state index contributed by atoms with van der Waals surface area (Å²) in [6.07, 6.45) is 3.65. The standard InChI is InChI=1S/C18H21ClN4O2/c1-13-20-10-14(11-21-13)17(23-6-8-25-9-7-23)12-22-18(24)15-4-2-3-5-16(15)19/h2-5,10-11,17H,6-9,12H2,1H3,(H,22,24). The summed E-state index contributed by atoms with van der Waals surface area (Å²) in [5.41, 5.74) is 1.46. The molecule has 0 aliphatic carbocycles. The molecule has 25 heavy (non-hydrogen) atoms. The average Bonchev–Trinajstić information content (AvgIpc) is 2.64. The molecule has 132 valence electrons. The van der Waals surface area contributed by atoms with Gasteiger partial charge in [-0.05, 0) is 19.1 Å². The van der Waals surface area contributed by atoms with E-state index in [1.165, 1.54) is 0 Å². The van der Waals surface area contributed by atoms with Crippen LogP contribution in [-0.4, -0.2) is 53.6 Å². The van der Waals surface area contributed by atoms with Crippen LogP contribution in [0, 0.1) is 6.92 Å². The van der Waals surface area contributed by atoms with Crippen LogP contribution in [0.1, 0.15) is 27.8 Å². The van der Waals surface area contributed by atoms with Gasteiger partial charge in [0.1, 0.15) is 5.82 Å². The minimum Gasteiger partial charge on any atom is -0.379 e. The molecule has 1 aromatic carbocycles. The Balaban J connectivity index is 1.74. The van der Waals surface area contributed by atoms with Crippen molar-refractivity contribution in [2.45, 2.75) is 13.0 Å². The summed E-state index contributed by atoms with van der Waals surface area (Å²) in [6, 6.07) is 7.03. The van der Waals surface area contributed by atoms with Crippen molar-refractivity contribution in [1.82, 2.24) is 20.2 Å². The quantitative estimate of drug-likeness (QED) is 0.885. The van der Waals surface area contributed by atoms with Crippen LogP contribution < -0.4 is 5.32 Å². The third-order valence-electron chi connectivity index (χ3n) is 4.25. The molecule has 1 N–H and O–H groups in total. The van der Waals surface area contributed by atoms with E-state index in [1.54, 1.807) is 24.3 Å². The van der Waals surface area contributed by atoms with Crippen LogP contribution in [0.4, 0.5) is 0 Å². The van der Waals surface area contributed by atoms with Crippen molar-refractivity contribution in [1.29, 1.82) is 0 Å². The summed E-state index contributed by atoms with van der Waals surface area (Å²) in [6.45, 7) is 5.29. The van der Waals surface area contributed by atoms with Crippen LogP contribution in [0.15, 0.2) is 36.7 Å². The first kappa shape index (κ1) is 17.8. The molecule has 0 bridgehead atoms. The van der Waals surface area contributed by atoms with Crippen LogP contribution >= 0.6 is 11.6 Å². The van der Waals surface area contributed by atoms with Gasteiger partial charge in [-0.1, -0.05) is 23.7 Å². The van der Waals surface area contributed by atoms with Gasteiger partial charge >= 0.3 is 0 Å². The van der Waals surface area contributed by atoms with E-state index in [9.17, 15) is 4.79 Å². The van der Waals surface area contributed by atoms with E-state index in [4.69, 9.17) is 16.3 Å². The molecular weight excluding hydrogens is 340 g/mol. The van der Waals surface area contributed by atoms with Crippen molar-refractivity contribution in [2.75, 3.05) is 32.8 Å². The van der Waals surface area contributed by atoms with E-state index < -0.39 is 0 Å². The molecule has 1 saturated heterocycles. The van der Waals surface area contributed by atoms with Gasteiger partial charge in [0.2, 0.25) is 0 Å². The highest BCUT2D eigenvalue weighted by Gasteiger charge is 2.24. The van der Waals surface area contributed by atoms with E-state index in [0.717, 1.165) is 24.5 Å². The number of nitrogens with one attached hydrogen (secondary N) is 1. The van der Waals surface area contributed by atoms with Gasteiger partial charge < -0.3 is 10.1 Å². The van der Waals surface area contributed by atoms with Gasteiger partial charge in [-0.3, -0.25) is 9.69 Å². The molecule has 2 heterocycles. The maximum atomic E-state index is 12.5. The largest absolute Gasteiger partial charge is 0.379 e. The summed E-state index contributed by atoms with van der Waals surface area (Å²) < 4.78 is 5.44. The average molecular weight is 361 g/mol. The summed E-state index contributed by atoms with van der Waals surface area (Å²) >= 11 is 6.11. The lowest BCUT2D eigenvalue weighted by atomic mass is 10.1. The number of nitrogens with zero attached hydrogens (tertiary/aromatic N) is 3. The fourth-order valence-electron chi connectivity index (χ4n) is 2.85. The van der Waals surface area contributed by atoms with E-state index in [-0.39, 0.29) is 11.9 Å². The Hall–Kier alpha value is -2.02. The molecule has 0 saturated carbocycles. The van der Waals surface area contributed by atoms with Gasteiger partial charge in [0.15, 0.2) is 0 Å². The Kier molecular flexibility index (Phi) is 5.96. The number of benzene rings is 1. The molecule has 6 nitrogen and oxygen atoms in total. The number of ether oxygens (including phenoxy) is 1. The third kappa shape index (κ3) is 4.54. The predicted molar refractivity (Wildman–Crippen MR) is 95.7 cm³/mol. The number of hydrogen-bond acceptors (Lipinski definition) is 5. The van der Waals surface area contributed by atoms with Crippen molar-refractivity contribution >= 4 is 17.5 Å². The molecule has 1 fully saturated rings. The topological polar surface area (TPSA) is 67.4 Å². The Labute approximate surface area is 152 Å². The highest BCUT2D eigenvalue weighted by Crippen LogP contribution is 2.21. The fourth-order valence-corrected chi connectivity index (χ4v) is 3.07. The first-order chi connectivity index (χ1) is 12.1. The van der Waals surface area contributed by atoms with Crippen molar-refractivity contribution < 1.29 is 9.53 Å². The summed E-state index contributed by atoms with van der Waals surface area (Å²) in [5.74, 6) is 0.543. The number of carbonyl (C=O) groups excluding carboxylic acids is 1. The number of carbonyl (C=O) groups is 1. The van der Waals surface area contributed by atoms with Crippen molar-refractivity contribution in [3.05, 3.63) is 58.6 Å². The smallest absolute Gasteiger partial charge is 0.252 e. The van der Waals surface area contributed by atoms with Crippen molar-refractivity contribution in [3.8, 4) is 0 Å². The summed E-state index contributed by atoms with van der Waals surface area (Å²) in [7, 11) is 0. The molecule has 1 unspecified atom stereocenters. The lowest BCUT2D eigenvalue weighted by Gasteiger charge is -2.34. The number of hydrogen-bond donors (Lipinski definition) is 1. The van der Waals surface area contributed by atoms with Crippen LogP contribution in [0.2, 0.25) is 5.02 Å². The molecule has 1 aliphatic rings. The third-order valence-corrected chi connectivity index (χ3v) is 4.58. The first-order valence-corrected chi connectivity index (χ1v) is 8.66. The zero-order valence-corrected chi connectivity index (χ0v) is 14.9. The Morgan fingerprint density at radius 2 is 1.96 bits per heavy atom. The number of rotatable bonds is 5. The van der Waals surface area contributed by atoms with E-state index >= 15 is 0 Å². The zero-order valence-electron chi connectivity index (χ0n) is 14.1. The molecule has 0 radical (unpaired) electrons. The molecule has 1 amide bonds. The van der Waals surface area contributed by atoms with Crippen LogP contribution in [0.3, 0.4) is 0 Å². The number of morpholine rings is 1. The predicted octanol–water partition coefficient (Wildman–Crippen LogP) is 2.24. The Morgan fingerprint density at radius 3 is 2.64 bits per heavy atom. The second kappa shape index (κ2) is 8.38. The molecule has 2 aromatic rings. The van der Waals surface area contributed by atoms with Gasteiger partial charge in [-0.25, -0.2) is 9.97 Å². The molecule has 0 spiro atoms. The summed E-state index contributed by atoms with van der Waals surface area (Å²) in [5, 5.41) is 3.43. The second-order valence-corrected chi connectivity index (χ2v) is 6.32. The normalized spacial score (nSPS) is 16.4. The van der Waals surface area contributed by atoms with E-state index in [0.29, 0.717) is 30.3 Å². The van der Waals surface area contributed by atoms with Gasteiger partial charge in [0, 0.05) is 37.6 Å². The lowest BCUT2D eigenvalue weighted by molar-refractivity contribution is 0.0161. The SMILES string of the molecule is Cc1ncc(C(CNC(=O)c2ccccc2Cl)N2CCOCC2)cn1. The highest BCUT2D eigenvalue weighted by molar-refractivity contribution is 6.33. The number of aromatic nitrogens is 2. The molecule has 7 heteroatoms. The van der Waals surface area contributed by atoms with Gasteiger partial charge in [-0.15, -0.1) is 0 Å². The Morgan fingerprint density at radius 1 is 1.28 bits per heavy atom. The maximum Gasteiger partial charge on any atom is 0.252 e. The maximum absolute atomic E-state index is 12.5. The highest BCUT2D eigenvalue weighted by atomic mass is 35.5. The van der Waals surface area contributed by atoms with Gasteiger partial charge in [-0.2, -0.15) is 0 Å². The fraction of sp³-hybridized carbons (Fsp3) is 0.389. The van der Waals surface area contributed by atoms with Crippen molar-refractivity contribution in [2.24, 2.45) is 0 Å². The lowest BCUT2D eigenvalue weighted by Crippen LogP contribution is -2.44. The van der Waals surface area contributed by atoms with Crippen LogP contribution in [0.25, 0.3) is 0 Å². The van der Waals surface area contributed by atoms with Gasteiger partial charge in [0.05, 0.1) is 29.8 Å². The summed E-state index contributed by atoms with van der Waals surface area (Å²) in [4.78, 5) is 23.3. The van der Waals surface area contributed by atoms with Crippen LogP contribution in [-0.2, 0) is 4.74 Å². The van der Waals surface area contributed by atoms with Crippen LogP contribution in [0.5, 0.6) is 0 Å². The number of aryl methyl sites for hydroxylation is 1. The molecule has 1 aliphatic heterocycles. The van der Waals surface area contributed by atoms with Crippen molar-refractivity contribution in [3.63, 3.8) is 0 Å². The Bertz CT molecular complexity index is 717. The second-order valence-electron chi connectivity index (χ2n) is 5.92. The van der Waals surface area contributed by atoms with E-state index in [1.807, 2.05) is 19.3 Å². The minimum atomic E-state index is -0.183. The first-order valence-electron chi connectivity index (χ1n) is 8.28. The molecule has 3 rings (SSSR count). The monoisotopic (exact) mass is 360 g/mol. The molecule has 1 atom stereocenters. The number of halogens is 1. The zero-order chi connectivity index (χ0) is 17.6. The minimum absolute atomic E-state index is 0.00376. The number of amides is 1.